The summed E-state index contributed by atoms with van der Waals surface area (Å²) in [6, 6.07) is 1.87. The highest BCUT2D eigenvalue weighted by Crippen LogP contribution is 2.32. The van der Waals surface area contributed by atoms with Gasteiger partial charge in [0.1, 0.15) is 11.6 Å². The zero-order valence-corrected chi connectivity index (χ0v) is 20.0. The quantitative estimate of drug-likeness (QED) is 0.578. The van der Waals surface area contributed by atoms with Gasteiger partial charge in [0, 0.05) is 48.1 Å². The molecule has 8 nitrogen and oxygen atoms in total. The average molecular weight is 452 g/mol. The molecule has 0 aromatic carbocycles. The van der Waals surface area contributed by atoms with Gasteiger partial charge >= 0.3 is 0 Å². The summed E-state index contributed by atoms with van der Waals surface area (Å²) in [6.07, 6.45) is 8.33. The fourth-order valence-corrected chi connectivity index (χ4v) is 4.80. The summed E-state index contributed by atoms with van der Waals surface area (Å²) in [6.45, 7) is 8.59. The van der Waals surface area contributed by atoms with Gasteiger partial charge in [0.15, 0.2) is 5.13 Å². The Kier molecular flexibility index (Phi) is 6.36. The van der Waals surface area contributed by atoms with Crippen molar-refractivity contribution in [2.45, 2.75) is 53.0 Å². The lowest BCUT2D eigenvalue weighted by Gasteiger charge is -2.35. The first-order valence-electron chi connectivity index (χ1n) is 10.9. The Balaban J connectivity index is 1.57. The second-order valence-corrected chi connectivity index (χ2v) is 9.45. The number of amides is 1. The molecule has 3 aromatic heterocycles. The lowest BCUT2D eigenvalue weighted by molar-refractivity contribution is -0.129. The van der Waals surface area contributed by atoms with Crippen LogP contribution < -0.4 is 5.32 Å². The third kappa shape index (κ3) is 4.72. The number of rotatable bonds is 5. The van der Waals surface area contributed by atoms with Crippen molar-refractivity contribution in [1.29, 1.82) is 0 Å². The molecule has 1 amide bonds. The first kappa shape index (κ1) is 22.1. The molecule has 4 rings (SSSR count). The largest absolute Gasteiger partial charge is 0.331 e. The third-order valence-electron chi connectivity index (χ3n) is 5.80. The van der Waals surface area contributed by atoms with Gasteiger partial charge in [-0.1, -0.05) is 0 Å². The molecule has 1 saturated heterocycles. The highest BCUT2D eigenvalue weighted by Gasteiger charge is 2.28. The van der Waals surface area contributed by atoms with Crippen molar-refractivity contribution < 1.29 is 4.79 Å². The molecule has 0 spiro atoms. The normalized spacial score (nSPS) is 16.7. The topological polar surface area (TPSA) is 88.8 Å². The maximum absolute atomic E-state index is 13.2. The Morgan fingerprint density at radius 1 is 1.22 bits per heavy atom. The van der Waals surface area contributed by atoms with Crippen molar-refractivity contribution >= 4 is 34.3 Å². The number of aryl methyl sites for hydroxylation is 4. The predicted molar refractivity (Wildman–Crippen MR) is 127 cm³/mol. The molecule has 168 valence electrons. The van der Waals surface area contributed by atoms with Crippen molar-refractivity contribution in [3.63, 3.8) is 0 Å². The molecule has 9 heteroatoms. The highest BCUT2D eigenvalue weighted by molar-refractivity contribution is 7.15. The Bertz CT molecular complexity index is 1160. The first-order chi connectivity index (χ1) is 15.3. The summed E-state index contributed by atoms with van der Waals surface area (Å²) in [7, 11) is 1.91. The standard InChI is InChI=1S/C23H29N7OS/c1-14-13-24-23(32-14)27-21-12-19(25-17(4)26-21)20-8-6-7-11-30(20)22(31)10-9-18-15(2)28-29(5)16(18)3/h9-10,12-13,20H,6-8,11H2,1-5H3,(H,24,25,26,27)/b10-9+. The van der Waals surface area contributed by atoms with Gasteiger partial charge in [-0.25, -0.2) is 15.0 Å². The van der Waals surface area contributed by atoms with E-state index in [4.69, 9.17) is 0 Å². The molecule has 0 bridgehead atoms. The number of carbonyl (C=O) groups is 1. The summed E-state index contributed by atoms with van der Waals surface area (Å²) >= 11 is 1.58. The van der Waals surface area contributed by atoms with Gasteiger partial charge in [-0.05, 0) is 53.0 Å². The Labute approximate surface area is 192 Å². The number of anilines is 2. The first-order valence-corrected chi connectivity index (χ1v) is 11.7. The van der Waals surface area contributed by atoms with Crippen LogP contribution in [-0.2, 0) is 11.8 Å². The van der Waals surface area contributed by atoms with Crippen LogP contribution in [-0.4, -0.2) is 42.1 Å². The molecular formula is C23H29N7OS. The van der Waals surface area contributed by atoms with Gasteiger partial charge in [0.25, 0.3) is 0 Å². The fourth-order valence-electron chi connectivity index (χ4n) is 4.13. The van der Waals surface area contributed by atoms with E-state index in [1.54, 1.807) is 17.4 Å². The number of carbonyl (C=O) groups excluding carboxylic acids is 1. The lowest BCUT2D eigenvalue weighted by atomic mass is 9.98. The van der Waals surface area contributed by atoms with Crippen molar-refractivity contribution in [3.05, 3.63) is 51.7 Å². The number of nitrogens with one attached hydrogen (secondary N) is 1. The van der Waals surface area contributed by atoms with Gasteiger partial charge in [-0.2, -0.15) is 5.10 Å². The van der Waals surface area contributed by atoms with E-state index >= 15 is 0 Å². The van der Waals surface area contributed by atoms with E-state index in [0.29, 0.717) is 11.6 Å². The van der Waals surface area contributed by atoms with Crippen LogP contribution in [0.3, 0.4) is 0 Å². The number of hydrogen-bond donors (Lipinski definition) is 1. The predicted octanol–water partition coefficient (Wildman–Crippen LogP) is 4.41. The van der Waals surface area contributed by atoms with Gasteiger partial charge in [0.2, 0.25) is 5.91 Å². The number of aromatic nitrogens is 5. The van der Waals surface area contributed by atoms with Crippen molar-refractivity contribution in [1.82, 2.24) is 29.6 Å². The summed E-state index contributed by atoms with van der Waals surface area (Å²) in [4.78, 5) is 29.8. The summed E-state index contributed by atoms with van der Waals surface area (Å²) in [5, 5.41) is 8.51. The maximum atomic E-state index is 13.2. The van der Waals surface area contributed by atoms with E-state index in [2.05, 4.69) is 25.4 Å². The molecule has 3 aromatic rings. The maximum Gasteiger partial charge on any atom is 0.247 e. The van der Waals surface area contributed by atoms with Crippen LogP contribution >= 0.6 is 11.3 Å². The summed E-state index contributed by atoms with van der Waals surface area (Å²) in [5.74, 6) is 1.38. The molecule has 1 unspecified atom stereocenters. The van der Waals surface area contributed by atoms with Crippen molar-refractivity contribution in [3.8, 4) is 0 Å². The minimum Gasteiger partial charge on any atom is -0.331 e. The van der Waals surface area contributed by atoms with E-state index in [1.165, 1.54) is 0 Å². The Morgan fingerprint density at radius 2 is 2.03 bits per heavy atom. The Morgan fingerprint density at radius 3 is 2.72 bits per heavy atom. The van der Waals surface area contributed by atoms with Crippen LogP contribution in [0.15, 0.2) is 18.3 Å². The van der Waals surface area contributed by atoms with Crippen LogP contribution in [0.2, 0.25) is 0 Å². The van der Waals surface area contributed by atoms with Crippen molar-refractivity contribution in [2.75, 3.05) is 11.9 Å². The smallest absolute Gasteiger partial charge is 0.247 e. The van der Waals surface area contributed by atoms with E-state index in [1.807, 2.05) is 62.7 Å². The molecule has 1 fully saturated rings. The average Bonchev–Trinajstić information content (AvgIpc) is 3.27. The number of likely N-dealkylation sites (tertiary alicyclic amines) is 1. The molecule has 0 saturated carbocycles. The SMILES string of the molecule is Cc1nc(Nc2ncc(C)s2)cc(C2CCCCN2C(=O)/C=C/c2c(C)nn(C)c2C)n1. The van der Waals surface area contributed by atoms with E-state index in [-0.39, 0.29) is 11.9 Å². The zero-order valence-electron chi connectivity index (χ0n) is 19.2. The molecule has 0 radical (unpaired) electrons. The molecule has 1 N–H and O–H groups in total. The van der Waals surface area contributed by atoms with Gasteiger partial charge in [-0.15, -0.1) is 11.3 Å². The van der Waals surface area contributed by atoms with E-state index in [0.717, 1.165) is 58.5 Å². The minimum atomic E-state index is -0.0720. The number of piperidine rings is 1. The van der Waals surface area contributed by atoms with Gasteiger partial charge in [0.05, 0.1) is 17.4 Å². The number of hydrogen-bond acceptors (Lipinski definition) is 7. The number of thiazole rings is 1. The lowest BCUT2D eigenvalue weighted by Crippen LogP contribution is -2.38. The number of nitrogens with zero attached hydrogens (tertiary/aromatic N) is 6. The van der Waals surface area contributed by atoms with E-state index < -0.39 is 0 Å². The molecule has 0 aliphatic carbocycles. The third-order valence-corrected chi connectivity index (χ3v) is 6.63. The van der Waals surface area contributed by atoms with Crippen LogP contribution in [0.4, 0.5) is 10.9 Å². The van der Waals surface area contributed by atoms with Crippen molar-refractivity contribution in [2.24, 2.45) is 7.05 Å². The van der Waals surface area contributed by atoms with Crippen LogP contribution in [0.5, 0.6) is 0 Å². The Hall–Kier alpha value is -3.07. The summed E-state index contributed by atoms with van der Waals surface area (Å²) < 4.78 is 1.84. The molecule has 4 heterocycles. The van der Waals surface area contributed by atoms with Crippen LogP contribution in [0.25, 0.3) is 6.08 Å². The van der Waals surface area contributed by atoms with Crippen LogP contribution in [0, 0.1) is 27.7 Å². The molecule has 1 aliphatic rings. The monoisotopic (exact) mass is 451 g/mol. The second kappa shape index (κ2) is 9.20. The van der Waals surface area contributed by atoms with Gasteiger partial charge in [-0.3, -0.25) is 9.48 Å². The summed E-state index contributed by atoms with van der Waals surface area (Å²) in [5.41, 5.74) is 3.83. The zero-order chi connectivity index (χ0) is 22.8. The molecule has 1 aliphatic heterocycles. The minimum absolute atomic E-state index is 0.00123. The van der Waals surface area contributed by atoms with Gasteiger partial charge < -0.3 is 10.2 Å². The highest BCUT2D eigenvalue weighted by atomic mass is 32.1. The fraction of sp³-hybridized carbons (Fsp3) is 0.435. The molecule has 1 atom stereocenters. The molecule has 32 heavy (non-hydrogen) atoms. The second-order valence-electron chi connectivity index (χ2n) is 8.21. The molecular weight excluding hydrogens is 422 g/mol. The van der Waals surface area contributed by atoms with Crippen LogP contribution in [0.1, 0.15) is 58.7 Å². The van der Waals surface area contributed by atoms with E-state index in [9.17, 15) is 4.79 Å².